The number of rotatable bonds is 3. The monoisotopic (exact) mass is 242 g/mol. The van der Waals surface area contributed by atoms with Crippen LogP contribution in [0.4, 0.5) is 13.2 Å². The van der Waals surface area contributed by atoms with Crippen molar-refractivity contribution in [1.82, 2.24) is 0 Å². The lowest BCUT2D eigenvalue weighted by molar-refractivity contribution is -0.242. The van der Waals surface area contributed by atoms with Crippen LogP contribution in [0.3, 0.4) is 0 Å². The third-order valence-corrected chi connectivity index (χ3v) is 2.37. The molecule has 2 aromatic rings. The minimum Gasteiger partial charge on any atom is -0.472 e. The van der Waals surface area contributed by atoms with Gasteiger partial charge in [-0.3, -0.25) is 0 Å². The van der Waals surface area contributed by atoms with E-state index in [1.54, 1.807) is 6.07 Å². The number of furan rings is 1. The van der Waals surface area contributed by atoms with Gasteiger partial charge in [-0.1, -0.05) is 24.3 Å². The van der Waals surface area contributed by atoms with Gasteiger partial charge in [0.25, 0.3) is 0 Å². The molecule has 0 spiro atoms. The molecule has 0 aliphatic heterocycles. The lowest BCUT2D eigenvalue weighted by Crippen LogP contribution is -2.22. The van der Waals surface area contributed by atoms with Gasteiger partial charge in [-0.15, -0.1) is 0 Å². The van der Waals surface area contributed by atoms with Crippen molar-refractivity contribution in [3.05, 3.63) is 48.4 Å². The van der Waals surface area contributed by atoms with Crippen LogP contribution in [-0.4, -0.2) is 11.2 Å². The molecule has 17 heavy (non-hydrogen) atoms. The summed E-state index contributed by atoms with van der Waals surface area (Å²) in [5, 5.41) is 8.43. The van der Waals surface area contributed by atoms with Crippen LogP contribution >= 0.6 is 0 Å². The summed E-state index contributed by atoms with van der Waals surface area (Å²) < 4.78 is 43.4. The fourth-order valence-corrected chi connectivity index (χ4v) is 1.59. The summed E-state index contributed by atoms with van der Waals surface area (Å²) in [5.41, 5.74) is 0.469. The van der Waals surface area contributed by atoms with Gasteiger partial charge in [0.1, 0.15) is 0 Å². The molecule has 0 amide bonds. The summed E-state index contributed by atoms with van der Waals surface area (Å²) in [6.45, 7) is 0. The SMILES string of the molecule is OC(F)(F)C(F)c1ccccc1-c1ccoc1. The van der Waals surface area contributed by atoms with Gasteiger partial charge in [-0.05, 0) is 11.6 Å². The molecule has 1 unspecified atom stereocenters. The van der Waals surface area contributed by atoms with Gasteiger partial charge in [0.2, 0.25) is 6.17 Å². The van der Waals surface area contributed by atoms with Crippen LogP contribution < -0.4 is 0 Å². The molecule has 2 nitrogen and oxygen atoms in total. The number of hydrogen-bond donors (Lipinski definition) is 1. The highest BCUT2D eigenvalue weighted by Gasteiger charge is 2.40. The first-order valence-corrected chi connectivity index (χ1v) is 4.86. The lowest BCUT2D eigenvalue weighted by Gasteiger charge is -2.17. The molecule has 1 atom stereocenters. The zero-order chi connectivity index (χ0) is 12.5. The Bertz CT molecular complexity index is 489. The molecule has 0 radical (unpaired) electrons. The molecule has 0 aliphatic rings. The maximum Gasteiger partial charge on any atom is 0.388 e. The minimum atomic E-state index is -4.40. The normalized spacial score (nSPS) is 13.6. The van der Waals surface area contributed by atoms with Gasteiger partial charge in [-0.2, -0.15) is 8.78 Å². The Morgan fingerprint density at radius 2 is 1.88 bits per heavy atom. The van der Waals surface area contributed by atoms with Crippen molar-refractivity contribution in [1.29, 1.82) is 0 Å². The lowest BCUT2D eigenvalue weighted by atomic mass is 9.98. The zero-order valence-corrected chi connectivity index (χ0v) is 8.61. The van der Waals surface area contributed by atoms with Crippen LogP contribution in [0, 0.1) is 0 Å². The molecular weight excluding hydrogens is 233 g/mol. The molecule has 1 heterocycles. The van der Waals surface area contributed by atoms with E-state index in [4.69, 9.17) is 9.52 Å². The molecule has 2 rings (SSSR count). The first-order chi connectivity index (χ1) is 8.00. The van der Waals surface area contributed by atoms with E-state index in [1.165, 1.54) is 36.8 Å². The Morgan fingerprint density at radius 3 is 2.47 bits per heavy atom. The fourth-order valence-electron chi connectivity index (χ4n) is 1.59. The highest BCUT2D eigenvalue weighted by molar-refractivity contribution is 5.66. The van der Waals surface area contributed by atoms with E-state index in [9.17, 15) is 13.2 Å². The van der Waals surface area contributed by atoms with Crippen LogP contribution in [0.5, 0.6) is 0 Å². The molecule has 1 aromatic heterocycles. The molecule has 1 aromatic carbocycles. The van der Waals surface area contributed by atoms with E-state index >= 15 is 0 Å². The van der Waals surface area contributed by atoms with Crippen molar-refractivity contribution in [3.8, 4) is 11.1 Å². The van der Waals surface area contributed by atoms with Crippen LogP contribution in [-0.2, 0) is 0 Å². The van der Waals surface area contributed by atoms with Crippen molar-refractivity contribution >= 4 is 0 Å². The molecule has 5 heteroatoms. The van der Waals surface area contributed by atoms with Crippen molar-refractivity contribution < 1.29 is 22.7 Å². The average Bonchev–Trinajstić information content (AvgIpc) is 2.80. The quantitative estimate of drug-likeness (QED) is 0.892. The minimum absolute atomic E-state index is 0.266. The number of benzene rings is 1. The van der Waals surface area contributed by atoms with Crippen molar-refractivity contribution in [2.24, 2.45) is 0 Å². The first-order valence-electron chi connectivity index (χ1n) is 4.86. The highest BCUT2D eigenvalue weighted by atomic mass is 19.3. The molecule has 0 saturated carbocycles. The highest BCUT2D eigenvalue weighted by Crippen LogP contribution is 2.38. The summed E-state index contributed by atoms with van der Waals surface area (Å²) in [6.07, 6.45) is -4.49. The maximum atomic E-state index is 13.5. The van der Waals surface area contributed by atoms with Crippen LogP contribution in [0.25, 0.3) is 11.1 Å². The Labute approximate surface area is 95.3 Å². The second kappa shape index (κ2) is 4.25. The molecular formula is C12H9F3O2. The standard InChI is InChI=1S/C12H9F3O2/c13-11(12(14,15)16)10-4-2-1-3-9(10)8-5-6-17-7-8/h1-7,11,16H. The van der Waals surface area contributed by atoms with Crippen LogP contribution in [0.15, 0.2) is 47.3 Å². The van der Waals surface area contributed by atoms with E-state index in [0.29, 0.717) is 5.56 Å². The van der Waals surface area contributed by atoms with Crippen molar-refractivity contribution in [3.63, 3.8) is 0 Å². The van der Waals surface area contributed by atoms with Gasteiger partial charge in [0.05, 0.1) is 12.5 Å². The van der Waals surface area contributed by atoms with E-state index in [1.807, 2.05) is 0 Å². The Kier molecular flexibility index (Phi) is 2.93. The molecule has 0 bridgehead atoms. The Balaban J connectivity index is 2.49. The Morgan fingerprint density at radius 1 is 1.18 bits per heavy atom. The van der Waals surface area contributed by atoms with E-state index in [-0.39, 0.29) is 11.1 Å². The summed E-state index contributed by atoms with van der Waals surface area (Å²) in [5.74, 6) is 0. The second-order valence-corrected chi connectivity index (χ2v) is 3.55. The Hall–Kier alpha value is -1.75. The summed E-state index contributed by atoms with van der Waals surface area (Å²) in [6, 6.07) is 7.24. The second-order valence-electron chi connectivity index (χ2n) is 3.55. The molecule has 0 fully saturated rings. The van der Waals surface area contributed by atoms with Gasteiger partial charge >= 0.3 is 6.11 Å². The topological polar surface area (TPSA) is 33.4 Å². The third kappa shape index (κ3) is 2.34. The van der Waals surface area contributed by atoms with E-state index < -0.39 is 12.3 Å². The zero-order valence-electron chi connectivity index (χ0n) is 8.61. The van der Waals surface area contributed by atoms with Crippen LogP contribution in [0.2, 0.25) is 0 Å². The molecule has 0 saturated heterocycles. The third-order valence-electron chi connectivity index (χ3n) is 2.37. The summed E-state index contributed by atoms with van der Waals surface area (Å²) >= 11 is 0. The predicted octanol–water partition coefficient (Wildman–Crippen LogP) is 3.54. The van der Waals surface area contributed by atoms with Crippen molar-refractivity contribution in [2.45, 2.75) is 12.3 Å². The van der Waals surface area contributed by atoms with Gasteiger partial charge < -0.3 is 9.52 Å². The van der Waals surface area contributed by atoms with Crippen molar-refractivity contribution in [2.75, 3.05) is 0 Å². The number of aliphatic hydroxyl groups is 1. The van der Waals surface area contributed by atoms with Gasteiger partial charge in [-0.25, -0.2) is 4.39 Å². The van der Waals surface area contributed by atoms with E-state index in [0.717, 1.165) is 0 Å². The number of halogens is 3. The fraction of sp³-hybridized carbons (Fsp3) is 0.167. The summed E-state index contributed by atoms with van der Waals surface area (Å²) in [7, 11) is 0. The molecule has 90 valence electrons. The van der Waals surface area contributed by atoms with Gasteiger partial charge in [0.15, 0.2) is 0 Å². The number of alkyl halides is 3. The van der Waals surface area contributed by atoms with Crippen LogP contribution in [0.1, 0.15) is 11.7 Å². The average molecular weight is 242 g/mol. The first kappa shape index (κ1) is 11.7. The summed E-state index contributed by atoms with van der Waals surface area (Å²) in [4.78, 5) is 0. The predicted molar refractivity (Wildman–Crippen MR) is 55.2 cm³/mol. The molecule has 0 aliphatic carbocycles. The largest absolute Gasteiger partial charge is 0.472 e. The molecule has 1 N–H and O–H groups in total. The maximum absolute atomic E-state index is 13.5. The smallest absolute Gasteiger partial charge is 0.388 e. The van der Waals surface area contributed by atoms with Gasteiger partial charge in [0, 0.05) is 11.1 Å². The number of hydrogen-bond acceptors (Lipinski definition) is 2. The van der Waals surface area contributed by atoms with E-state index in [2.05, 4.69) is 0 Å².